The van der Waals surface area contributed by atoms with Gasteiger partial charge in [-0.15, -0.1) is 5.10 Å². The van der Waals surface area contributed by atoms with Crippen LogP contribution < -0.4 is 9.47 Å². The average molecular weight is 380 g/mol. The summed E-state index contributed by atoms with van der Waals surface area (Å²) in [5.74, 6) is 1.49. The third-order valence-electron chi connectivity index (χ3n) is 5.37. The Hall–Kier alpha value is -3.09. The van der Waals surface area contributed by atoms with Crippen LogP contribution in [0.1, 0.15) is 41.7 Å². The third-order valence-corrected chi connectivity index (χ3v) is 5.37. The second-order valence-corrected chi connectivity index (χ2v) is 6.87. The van der Waals surface area contributed by atoms with Crippen molar-refractivity contribution in [2.24, 2.45) is 0 Å². The molecule has 0 aliphatic carbocycles. The van der Waals surface area contributed by atoms with Crippen LogP contribution in [0.2, 0.25) is 0 Å². The maximum Gasteiger partial charge on any atom is 0.254 e. The fourth-order valence-corrected chi connectivity index (χ4v) is 3.93. The van der Waals surface area contributed by atoms with E-state index < -0.39 is 0 Å². The number of carbonyl (C=O) groups is 1. The molecule has 1 aromatic heterocycles. The molecule has 146 valence electrons. The number of amides is 1. The number of benzene rings is 2. The van der Waals surface area contributed by atoms with E-state index in [1.54, 1.807) is 14.2 Å². The van der Waals surface area contributed by atoms with Crippen LogP contribution in [0.5, 0.6) is 11.5 Å². The van der Waals surface area contributed by atoms with Crippen LogP contribution in [0.25, 0.3) is 11.0 Å². The van der Waals surface area contributed by atoms with Crippen molar-refractivity contribution in [3.8, 4) is 11.5 Å². The average Bonchev–Trinajstić information content (AvgIpc) is 3.39. The molecule has 1 aliphatic rings. The first-order chi connectivity index (χ1) is 13.7. The van der Waals surface area contributed by atoms with Crippen molar-refractivity contribution in [1.82, 2.24) is 19.9 Å². The lowest BCUT2D eigenvalue weighted by atomic mass is 10.0. The van der Waals surface area contributed by atoms with Gasteiger partial charge in [0.15, 0.2) is 0 Å². The van der Waals surface area contributed by atoms with E-state index in [9.17, 15) is 4.79 Å². The van der Waals surface area contributed by atoms with E-state index in [1.165, 1.54) is 0 Å². The molecule has 28 heavy (non-hydrogen) atoms. The molecule has 7 nitrogen and oxygen atoms in total. The largest absolute Gasteiger partial charge is 0.497 e. The minimum Gasteiger partial charge on any atom is -0.497 e. The first-order valence-electron chi connectivity index (χ1n) is 9.52. The Morgan fingerprint density at radius 3 is 2.79 bits per heavy atom. The monoisotopic (exact) mass is 380 g/mol. The molecule has 1 saturated heterocycles. The van der Waals surface area contributed by atoms with Crippen LogP contribution in [0.4, 0.5) is 0 Å². The summed E-state index contributed by atoms with van der Waals surface area (Å²) in [6.45, 7) is 3.48. The molecule has 1 atom stereocenters. The highest BCUT2D eigenvalue weighted by Gasteiger charge is 2.32. The van der Waals surface area contributed by atoms with Crippen molar-refractivity contribution >= 4 is 16.9 Å². The van der Waals surface area contributed by atoms with Crippen LogP contribution in [-0.4, -0.2) is 46.6 Å². The van der Waals surface area contributed by atoms with Gasteiger partial charge in [-0.2, -0.15) is 0 Å². The van der Waals surface area contributed by atoms with Gasteiger partial charge in [-0.05, 0) is 50.1 Å². The Morgan fingerprint density at radius 1 is 1.18 bits per heavy atom. The Labute approximate surface area is 163 Å². The van der Waals surface area contributed by atoms with Crippen molar-refractivity contribution in [3.63, 3.8) is 0 Å². The molecule has 4 rings (SSSR count). The smallest absolute Gasteiger partial charge is 0.254 e. The number of fused-ring (bicyclic) bond motifs is 1. The van der Waals surface area contributed by atoms with Gasteiger partial charge >= 0.3 is 0 Å². The minimum atomic E-state index is -0.0182. The van der Waals surface area contributed by atoms with E-state index in [0.717, 1.165) is 54.0 Å². The Balaban J connectivity index is 1.66. The van der Waals surface area contributed by atoms with Gasteiger partial charge in [-0.3, -0.25) is 4.79 Å². The zero-order chi connectivity index (χ0) is 19.7. The van der Waals surface area contributed by atoms with Gasteiger partial charge in [0, 0.05) is 30.3 Å². The highest BCUT2D eigenvalue weighted by Crippen LogP contribution is 2.39. The van der Waals surface area contributed by atoms with Crippen molar-refractivity contribution in [3.05, 3.63) is 47.5 Å². The van der Waals surface area contributed by atoms with Gasteiger partial charge in [-0.25, -0.2) is 4.68 Å². The summed E-state index contributed by atoms with van der Waals surface area (Å²) in [6.07, 6.45) is 1.86. The van der Waals surface area contributed by atoms with Crippen molar-refractivity contribution in [1.29, 1.82) is 0 Å². The minimum absolute atomic E-state index is 0.00770. The van der Waals surface area contributed by atoms with Crippen molar-refractivity contribution in [2.45, 2.75) is 32.4 Å². The second kappa shape index (κ2) is 7.50. The summed E-state index contributed by atoms with van der Waals surface area (Å²) in [4.78, 5) is 15.2. The van der Waals surface area contributed by atoms with Gasteiger partial charge in [0.05, 0.1) is 25.8 Å². The van der Waals surface area contributed by atoms with Gasteiger partial charge in [-0.1, -0.05) is 5.21 Å². The number of rotatable bonds is 5. The summed E-state index contributed by atoms with van der Waals surface area (Å²) < 4.78 is 12.7. The fraction of sp³-hybridized carbons (Fsp3) is 0.381. The zero-order valence-corrected chi connectivity index (χ0v) is 16.4. The number of aromatic nitrogens is 3. The van der Waals surface area contributed by atoms with Crippen molar-refractivity contribution in [2.75, 3.05) is 20.8 Å². The number of ether oxygens (including phenoxy) is 2. The normalized spacial score (nSPS) is 16.5. The van der Waals surface area contributed by atoms with E-state index in [1.807, 2.05) is 52.9 Å². The summed E-state index contributed by atoms with van der Waals surface area (Å²) in [6, 6.07) is 11.4. The maximum atomic E-state index is 13.3. The topological polar surface area (TPSA) is 69.5 Å². The molecular formula is C21H24N4O3. The first kappa shape index (κ1) is 18.3. The Bertz CT molecular complexity index is 1010. The Kier molecular flexibility index (Phi) is 4.90. The number of likely N-dealkylation sites (tertiary alicyclic amines) is 1. The molecule has 0 bridgehead atoms. The number of hydrogen-bond donors (Lipinski definition) is 0. The highest BCUT2D eigenvalue weighted by atomic mass is 16.5. The van der Waals surface area contributed by atoms with E-state index in [2.05, 4.69) is 10.3 Å². The standard InChI is InChI=1S/C21H24N4O3/c1-4-25-19-10-7-14(12-17(19)22-23-25)21(26)24-11-5-6-18(24)16-9-8-15(27-2)13-20(16)28-3/h7-10,12-13,18H,4-6,11H2,1-3H3/t18-/m0/s1. The summed E-state index contributed by atoms with van der Waals surface area (Å²) in [5.41, 5.74) is 3.32. The lowest BCUT2D eigenvalue weighted by Gasteiger charge is -2.26. The maximum absolute atomic E-state index is 13.3. The molecule has 0 unspecified atom stereocenters. The highest BCUT2D eigenvalue weighted by molar-refractivity contribution is 5.97. The van der Waals surface area contributed by atoms with Gasteiger partial charge in [0.1, 0.15) is 17.0 Å². The Morgan fingerprint density at radius 2 is 2.04 bits per heavy atom. The molecule has 1 aliphatic heterocycles. The van der Waals surface area contributed by atoms with Gasteiger partial charge in [0.25, 0.3) is 5.91 Å². The number of aryl methyl sites for hydroxylation is 1. The van der Waals surface area contributed by atoms with Gasteiger partial charge < -0.3 is 14.4 Å². The number of hydrogen-bond acceptors (Lipinski definition) is 5. The number of carbonyl (C=O) groups excluding carboxylic acids is 1. The first-order valence-corrected chi connectivity index (χ1v) is 9.52. The summed E-state index contributed by atoms with van der Waals surface area (Å²) in [7, 11) is 3.27. The van der Waals surface area contributed by atoms with E-state index >= 15 is 0 Å². The van der Waals surface area contributed by atoms with Crippen molar-refractivity contribution < 1.29 is 14.3 Å². The number of methoxy groups -OCH3 is 2. The molecule has 0 spiro atoms. The predicted octanol–water partition coefficient (Wildman–Crippen LogP) is 3.45. The molecule has 0 radical (unpaired) electrons. The lowest BCUT2D eigenvalue weighted by Crippen LogP contribution is -2.30. The molecule has 2 heterocycles. The summed E-state index contributed by atoms with van der Waals surface area (Å²) >= 11 is 0. The quantitative estimate of drug-likeness (QED) is 0.678. The molecule has 1 amide bonds. The van der Waals surface area contributed by atoms with Gasteiger partial charge in [0.2, 0.25) is 0 Å². The molecule has 7 heteroatoms. The zero-order valence-electron chi connectivity index (χ0n) is 16.4. The van der Waals surface area contributed by atoms with Crippen LogP contribution in [0.3, 0.4) is 0 Å². The van der Waals surface area contributed by atoms with E-state index in [0.29, 0.717) is 5.56 Å². The molecule has 1 fully saturated rings. The molecule has 2 aromatic carbocycles. The third kappa shape index (κ3) is 3.06. The number of nitrogens with zero attached hydrogens (tertiary/aromatic N) is 4. The lowest BCUT2D eigenvalue weighted by molar-refractivity contribution is 0.0734. The summed E-state index contributed by atoms with van der Waals surface area (Å²) in [5, 5.41) is 8.32. The molecular weight excluding hydrogens is 356 g/mol. The van der Waals surface area contributed by atoms with Crippen LogP contribution in [-0.2, 0) is 6.54 Å². The van der Waals surface area contributed by atoms with Crippen LogP contribution >= 0.6 is 0 Å². The van der Waals surface area contributed by atoms with E-state index in [-0.39, 0.29) is 11.9 Å². The molecule has 0 saturated carbocycles. The SMILES string of the molecule is CCn1nnc2cc(C(=O)N3CCC[C@H]3c3ccc(OC)cc3OC)ccc21. The van der Waals surface area contributed by atoms with E-state index in [4.69, 9.17) is 9.47 Å². The fourth-order valence-electron chi connectivity index (χ4n) is 3.93. The predicted molar refractivity (Wildman–Crippen MR) is 106 cm³/mol. The molecule has 3 aromatic rings. The molecule has 0 N–H and O–H groups in total. The van der Waals surface area contributed by atoms with Crippen LogP contribution in [0.15, 0.2) is 36.4 Å². The van der Waals surface area contributed by atoms with Crippen LogP contribution in [0, 0.1) is 0 Å². The second-order valence-electron chi connectivity index (χ2n) is 6.87.